The first-order chi connectivity index (χ1) is 14.0. The van der Waals surface area contributed by atoms with Crippen molar-refractivity contribution in [3.05, 3.63) is 94.0 Å². The molecule has 8 nitrogen and oxygen atoms in total. The molecule has 8 heteroatoms. The molecule has 0 aliphatic rings. The Labute approximate surface area is 165 Å². The zero-order valence-electron chi connectivity index (χ0n) is 15.4. The summed E-state index contributed by atoms with van der Waals surface area (Å²) in [5.74, 6) is -0.526. The van der Waals surface area contributed by atoms with Crippen LogP contribution in [0.25, 0.3) is 16.7 Å². The van der Waals surface area contributed by atoms with Crippen LogP contribution < -0.4 is 5.43 Å². The first kappa shape index (κ1) is 18.2. The van der Waals surface area contributed by atoms with E-state index in [9.17, 15) is 14.9 Å². The van der Waals surface area contributed by atoms with Gasteiger partial charge in [0.05, 0.1) is 16.8 Å². The Bertz CT molecular complexity index is 1240. The van der Waals surface area contributed by atoms with Gasteiger partial charge in [-0.3, -0.25) is 14.9 Å². The molecule has 1 amide bonds. The third-order valence-electron chi connectivity index (χ3n) is 4.42. The molecule has 2 aromatic heterocycles. The number of para-hydroxylation sites is 1. The summed E-state index contributed by atoms with van der Waals surface area (Å²) in [6.45, 7) is 1.98. The molecule has 29 heavy (non-hydrogen) atoms. The number of hydrazone groups is 1. The van der Waals surface area contributed by atoms with Crippen LogP contribution in [0.4, 0.5) is 5.69 Å². The largest absolute Gasteiger partial charge is 0.451 e. The van der Waals surface area contributed by atoms with Gasteiger partial charge in [0.25, 0.3) is 5.69 Å². The van der Waals surface area contributed by atoms with E-state index >= 15 is 0 Å². The molecule has 0 atom stereocenters. The number of carbonyl (C=O) groups is 1. The lowest BCUT2D eigenvalue weighted by Crippen LogP contribution is -2.17. The Morgan fingerprint density at radius 1 is 1.14 bits per heavy atom. The number of nitrogens with one attached hydrogen (secondary N) is 1. The molecule has 0 saturated heterocycles. The van der Waals surface area contributed by atoms with Gasteiger partial charge in [-0.25, -0.2) is 5.43 Å². The van der Waals surface area contributed by atoms with E-state index in [-0.39, 0.29) is 11.4 Å². The predicted molar refractivity (Wildman–Crippen MR) is 108 cm³/mol. The minimum atomic E-state index is -0.547. The fourth-order valence-corrected chi connectivity index (χ4v) is 3.06. The van der Waals surface area contributed by atoms with E-state index in [2.05, 4.69) is 10.5 Å². The normalized spacial score (nSPS) is 11.2. The van der Waals surface area contributed by atoms with Crippen molar-refractivity contribution in [2.24, 2.45) is 5.10 Å². The Balaban J connectivity index is 1.53. The number of aryl methyl sites for hydroxylation is 1. The maximum absolute atomic E-state index is 12.3. The third-order valence-corrected chi connectivity index (χ3v) is 4.42. The molecule has 4 aromatic rings. The highest BCUT2D eigenvalue weighted by Crippen LogP contribution is 2.24. The molecule has 0 fully saturated rings. The van der Waals surface area contributed by atoms with E-state index in [0.717, 1.165) is 17.1 Å². The molecule has 4 rings (SSSR count). The molecule has 0 aliphatic carbocycles. The maximum atomic E-state index is 12.3. The van der Waals surface area contributed by atoms with Crippen molar-refractivity contribution < 1.29 is 14.1 Å². The highest BCUT2D eigenvalue weighted by atomic mass is 16.6. The van der Waals surface area contributed by atoms with E-state index in [4.69, 9.17) is 4.42 Å². The van der Waals surface area contributed by atoms with Crippen LogP contribution in [0, 0.1) is 17.0 Å². The van der Waals surface area contributed by atoms with Gasteiger partial charge in [0, 0.05) is 28.9 Å². The van der Waals surface area contributed by atoms with Crippen molar-refractivity contribution in [2.75, 3.05) is 0 Å². The highest BCUT2D eigenvalue weighted by Gasteiger charge is 2.14. The summed E-state index contributed by atoms with van der Waals surface area (Å²) in [5.41, 5.74) is 5.56. The molecular weight excluding hydrogens is 372 g/mol. The Morgan fingerprint density at radius 2 is 1.93 bits per heavy atom. The fourth-order valence-electron chi connectivity index (χ4n) is 3.06. The fraction of sp³-hybridized carbons (Fsp3) is 0.0476. The zero-order valence-corrected chi connectivity index (χ0v) is 15.4. The lowest BCUT2D eigenvalue weighted by Gasteiger charge is -2.08. The smallest absolute Gasteiger partial charge is 0.307 e. The van der Waals surface area contributed by atoms with Crippen molar-refractivity contribution in [3.8, 4) is 5.69 Å². The summed E-state index contributed by atoms with van der Waals surface area (Å²) >= 11 is 0. The number of furan rings is 1. The molecule has 144 valence electrons. The zero-order chi connectivity index (χ0) is 20.4. The predicted octanol–water partition coefficient (Wildman–Crippen LogP) is 4.20. The topological polar surface area (TPSA) is 103 Å². The van der Waals surface area contributed by atoms with E-state index in [1.54, 1.807) is 6.21 Å². The van der Waals surface area contributed by atoms with Gasteiger partial charge in [-0.05, 0) is 43.3 Å². The summed E-state index contributed by atoms with van der Waals surface area (Å²) in [6, 6.07) is 19.3. The van der Waals surface area contributed by atoms with Gasteiger partial charge in [0.1, 0.15) is 5.58 Å². The Kier molecular flexibility index (Phi) is 4.66. The third kappa shape index (κ3) is 3.63. The first-order valence-corrected chi connectivity index (χ1v) is 8.78. The van der Waals surface area contributed by atoms with Crippen LogP contribution >= 0.6 is 0 Å². The summed E-state index contributed by atoms with van der Waals surface area (Å²) in [5, 5.41) is 15.4. The summed E-state index contributed by atoms with van der Waals surface area (Å²) < 4.78 is 7.46. The quantitative estimate of drug-likeness (QED) is 0.314. The molecule has 0 unspecified atom stereocenters. The minimum Gasteiger partial charge on any atom is -0.451 e. The number of carbonyl (C=O) groups excluding carboxylic acids is 1. The molecule has 0 aliphatic heterocycles. The highest BCUT2D eigenvalue weighted by molar-refractivity contribution is 5.97. The molecule has 0 spiro atoms. The number of nitro groups is 1. The average Bonchev–Trinajstić information content (AvgIpc) is 3.31. The second-order valence-electron chi connectivity index (χ2n) is 6.36. The van der Waals surface area contributed by atoms with Gasteiger partial charge in [-0.2, -0.15) is 5.10 Å². The SMILES string of the molecule is Cc1ccc(/C=N/NC(=O)c2cc3cc([N+](=O)[O-])ccc3o2)n1-c1ccccc1. The number of benzene rings is 2. The summed E-state index contributed by atoms with van der Waals surface area (Å²) in [7, 11) is 0. The number of fused-ring (bicyclic) bond motifs is 1. The van der Waals surface area contributed by atoms with Crippen molar-refractivity contribution >= 4 is 28.8 Å². The Hall–Kier alpha value is -4.20. The number of amides is 1. The molecule has 1 N–H and O–H groups in total. The summed E-state index contributed by atoms with van der Waals surface area (Å²) in [4.78, 5) is 22.7. The van der Waals surface area contributed by atoms with E-state index in [0.29, 0.717) is 11.0 Å². The second-order valence-corrected chi connectivity index (χ2v) is 6.36. The van der Waals surface area contributed by atoms with E-state index in [1.165, 1.54) is 24.3 Å². The average molecular weight is 388 g/mol. The number of nitro benzene ring substituents is 1. The van der Waals surface area contributed by atoms with Crippen LogP contribution in [0.5, 0.6) is 0 Å². The second kappa shape index (κ2) is 7.43. The first-order valence-electron chi connectivity index (χ1n) is 8.78. The molecule has 2 aromatic carbocycles. The molecule has 0 saturated carbocycles. The van der Waals surface area contributed by atoms with Crippen LogP contribution in [0.15, 0.2) is 76.2 Å². The molecule has 2 heterocycles. The number of nitrogens with zero attached hydrogens (tertiary/aromatic N) is 3. The number of aromatic nitrogens is 1. The van der Waals surface area contributed by atoms with Crippen molar-refractivity contribution in [3.63, 3.8) is 0 Å². The van der Waals surface area contributed by atoms with Crippen LogP contribution in [-0.4, -0.2) is 21.6 Å². The van der Waals surface area contributed by atoms with Crippen LogP contribution in [0.2, 0.25) is 0 Å². The van der Waals surface area contributed by atoms with E-state index < -0.39 is 10.8 Å². The van der Waals surface area contributed by atoms with Crippen molar-refractivity contribution in [2.45, 2.75) is 6.92 Å². The standard InChI is InChI=1S/C21H16N4O4/c1-14-7-8-18(24(14)16-5-3-2-4-6-16)13-22-23-21(26)20-12-15-11-17(25(27)28)9-10-19(15)29-20/h2-13H,1H3,(H,23,26)/b22-13+. The molecule has 0 bridgehead atoms. The van der Waals surface area contributed by atoms with Gasteiger partial charge in [0.2, 0.25) is 0 Å². The van der Waals surface area contributed by atoms with Crippen molar-refractivity contribution in [1.82, 2.24) is 9.99 Å². The van der Waals surface area contributed by atoms with Crippen LogP contribution in [-0.2, 0) is 0 Å². The van der Waals surface area contributed by atoms with Gasteiger partial charge in [-0.15, -0.1) is 0 Å². The monoisotopic (exact) mass is 388 g/mol. The number of rotatable bonds is 5. The minimum absolute atomic E-state index is 0.0206. The molecular formula is C21H16N4O4. The lowest BCUT2D eigenvalue weighted by atomic mass is 10.2. The van der Waals surface area contributed by atoms with Crippen molar-refractivity contribution in [1.29, 1.82) is 0 Å². The van der Waals surface area contributed by atoms with Crippen LogP contribution in [0.3, 0.4) is 0 Å². The maximum Gasteiger partial charge on any atom is 0.307 e. The lowest BCUT2D eigenvalue weighted by molar-refractivity contribution is -0.384. The number of hydrogen-bond acceptors (Lipinski definition) is 5. The summed E-state index contributed by atoms with van der Waals surface area (Å²) in [6.07, 6.45) is 1.55. The van der Waals surface area contributed by atoms with Gasteiger partial charge in [-0.1, -0.05) is 18.2 Å². The number of hydrogen-bond donors (Lipinski definition) is 1. The van der Waals surface area contributed by atoms with E-state index in [1.807, 2.05) is 54.0 Å². The van der Waals surface area contributed by atoms with Gasteiger partial charge < -0.3 is 8.98 Å². The molecule has 0 radical (unpaired) electrons. The van der Waals surface area contributed by atoms with Gasteiger partial charge >= 0.3 is 5.91 Å². The van der Waals surface area contributed by atoms with Crippen LogP contribution in [0.1, 0.15) is 21.9 Å². The van der Waals surface area contributed by atoms with Gasteiger partial charge in [0.15, 0.2) is 5.76 Å². The number of non-ortho nitro benzene ring substituents is 1. The Morgan fingerprint density at radius 3 is 2.69 bits per heavy atom.